The third-order valence-corrected chi connectivity index (χ3v) is 8.44. The molecule has 8 nitrogen and oxygen atoms in total. The molecule has 0 unspecified atom stereocenters. The number of anilines is 3. The Kier molecular flexibility index (Phi) is 8.88. The number of morpholine rings is 1. The van der Waals surface area contributed by atoms with Crippen LogP contribution in [0.2, 0.25) is 5.02 Å². The molecule has 3 saturated heterocycles. The van der Waals surface area contributed by atoms with Gasteiger partial charge in [0.1, 0.15) is 11.6 Å². The summed E-state index contributed by atoms with van der Waals surface area (Å²) in [4.78, 5) is 14.5. The lowest BCUT2D eigenvalue weighted by molar-refractivity contribution is 0.0515. The van der Waals surface area contributed by atoms with Crippen LogP contribution in [0.3, 0.4) is 0 Å². The highest BCUT2D eigenvalue weighted by atomic mass is 35.5. The van der Waals surface area contributed by atoms with Gasteiger partial charge in [0.2, 0.25) is 5.95 Å². The zero-order chi connectivity index (χ0) is 26.5. The van der Waals surface area contributed by atoms with Gasteiger partial charge >= 0.3 is 0 Å². The maximum Gasteiger partial charge on any atom is 0.232 e. The highest BCUT2D eigenvalue weighted by Crippen LogP contribution is 2.35. The quantitative estimate of drug-likeness (QED) is 0.499. The standard InChI is InChI=1S/C28H39ClN6O2S/c1-20-15-21(2)18-35(17-20)25-16-24(34-9-13-37-14-10-34)31-26(32-25)33-27(38)30-19-28(7-11-36-12-8-28)22-3-5-23(29)6-4-22/h3-6,16,20-21H,7-15,17-19H2,1-2H3,(H2,30,31,32,33,38)/t20-,21+. The average molecular weight is 559 g/mol. The van der Waals surface area contributed by atoms with Crippen LogP contribution in [0.25, 0.3) is 0 Å². The van der Waals surface area contributed by atoms with Crippen LogP contribution in [0.4, 0.5) is 17.6 Å². The van der Waals surface area contributed by atoms with Crippen molar-refractivity contribution in [3.63, 3.8) is 0 Å². The lowest BCUT2D eigenvalue weighted by Gasteiger charge is -2.38. The number of thiocarbonyl (C=S) groups is 1. The summed E-state index contributed by atoms with van der Waals surface area (Å²) in [5.74, 6) is 3.65. The Morgan fingerprint density at radius 2 is 1.58 bits per heavy atom. The molecule has 0 bridgehead atoms. The first-order chi connectivity index (χ1) is 18.4. The number of benzene rings is 1. The third-order valence-electron chi connectivity index (χ3n) is 7.95. The first-order valence-corrected chi connectivity index (χ1v) is 14.5. The normalized spacial score (nSPS) is 23.7. The summed E-state index contributed by atoms with van der Waals surface area (Å²) in [6.07, 6.45) is 3.09. The number of halogens is 1. The lowest BCUT2D eigenvalue weighted by atomic mass is 9.74. The minimum atomic E-state index is -0.0731. The summed E-state index contributed by atoms with van der Waals surface area (Å²) < 4.78 is 11.3. The molecule has 4 heterocycles. The number of nitrogens with one attached hydrogen (secondary N) is 2. The Labute approximate surface area is 236 Å². The number of aromatic nitrogens is 2. The highest BCUT2D eigenvalue weighted by Gasteiger charge is 2.34. The van der Waals surface area contributed by atoms with Crippen LogP contribution < -0.4 is 20.4 Å². The molecule has 38 heavy (non-hydrogen) atoms. The van der Waals surface area contributed by atoms with Gasteiger partial charge in [0.15, 0.2) is 5.11 Å². The molecule has 3 aliphatic heterocycles. The predicted octanol–water partition coefficient (Wildman–Crippen LogP) is 4.48. The van der Waals surface area contributed by atoms with E-state index >= 15 is 0 Å². The fraction of sp³-hybridized carbons (Fsp3) is 0.607. The number of hydrogen-bond acceptors (Lipinski definition) is 7. The predicted molar refractivity (Wildman–Crippen MR) is 158 cm³/mol. The van der Waals surface area contributed by atoms with E-state index in [4.69, 9.17) is 43.3 Å². The minimum absolute atomic E-state index is 0.0731. The highest BCUT2D eigenvalue weighted by molar-refractivity contribution is 7.80. The van der Waals surface area contributed by atoms with E-state index in [1.54, 1.807) is 0 Å². The molecule has 2 aromatic rings. The Morgan fingerprint density at radius 1 is 0.974 bits per heavy atom. The zero-order valence-corrected chi connectivity index (χ0v) is 24.0. The van der Waals surface area contributed by atoms with Gasteiger partial charge < -0.3 is 29.9 Å². The summed E-state index contributed by atoms with van der Waals surface area (Å²) in [6.45, 7) is 11.8. The molecule has 3 fully saturated rings. The van der Waals surface area contributed by atoms with E-state index < -0.39 is 0 Å². The SMILES string of the molecule is C[C@@H]1C[C@H](C)CN(c2cc(N3CCOCC3)nc(NC(=S)NCC3(c4ccc(Cl)cc4)CCOCC3)n2)C1. The fourth-order valence-electron chi connectivity index (χ4n) is 5.97. The summed E-state index contributed by atoms with van der Waals surface area (Å²) >= 11 is 11.9. The number of hydrogen-bond donors (Lipinski definition) is 2. The summed E-state index contributed by atoms with van der Waals surface area (Å²) in [6, 6.07) is 10.3. The van der Waals surface area contributed by atoms with Crippen molar-refractivity contribution in [1.82, 2.24) is 15.3 Å². The van der Waals surface area contributed by atoms with Crippen LogP contribution in [0, 0.1) is 11.8 Å². The van der Waals surface area contributed by atoms with Crippen molar-refractivity contribution in [3.8, 4) is 0 Å². The monoisotopic (exact) mass is 558 g/mol. The maximum absolute atomic E-state index is 6.17. The molecule has 2 N–H and O–H groups in total. The Balaban J connectivity index is 1.33. The van der Waals surface area contributed by atoms with E-state index in [9.17, 15) is 0 Å². The molecule has 2 atom stereocenters. The summed E-state index contributed by atoms with van der Waals surface area (Å²) in [5.41, 5.74) is 1.18. The van der Waals surface area contributed by atoms with Crippen molar-refractivity contribution in [2.24, 2.45) is 11.8 Å². The second-order valence-corrected chi connectivity index (χ2v) is 11.9. The molecule has 1 aromatic heterocycles. The van der Waals surface area contributed by atoms with E-state index in [-0.39, 0.29) is 5.41 Å². The van der Waals surface area contributed by atoms with Crippen molar-refractivity contribution in [2.45, 2.75) is 38.5 Å². The topological polar surface area (TPSA) is 74.8 Å². The second-order valence-electron chi connectivity index (χ2n) is 11.1. The number of piperidine rings is 1. The molecular formula is C28H39ClN6O2S. The van der Waals surface area contributed by atoms with Gasteiger partial charge in [-0.05, 0) is 61.0 Å². The van der Waals surface area contributed by atoms with Gasteiger partial charge in [0, 0.05) is 62.4 Å². The Morgan fingerprint density at radius 3 is 2.24 bits per heavy atom. The molecule has 10 heteroatoms. The van der Waals surface area contributed by atoms with Gasteiger partial charge in [0.05, 0.1) is 13.2 Å². The van der Waals surface area contributed by atoms with Crippen molar-refractivity contribution in [3.05, 3.63) is 40.9 Å². The molecule has 0 radical (unpaired) electrons. The smallest absolute Gasteiger partial charge is 0.232 e. The first-order valence-electron chi connectivity index (χ1n) is 13.8. The number of nitrogens with zero attached hydrogens (tertiary/aromatic N) is 4. The third kappa shape index (κ3) is 6.68. The summed E-state index contributed by atoms with van der Waals surface area (Å²) in [5, 5.41) is 8.04. The minimum Gasteiger partial charge on any atom is -0.381 e. The molecule has 0 spiro atoms. The lowest BCUT2D eigenvalue weighted by Crippen LogP contribution is -2.45. The number of rotatable bonds is 6. The molecule has 5 rings (SSSR count). The van der Waals surface area contributed by atoms with E-state index in [2.05, 4.69) is 52.5 Å². The van der Waals surface area contributed by atoms with Crippen LogP contribution in [0.1, 0.15) is 38.7 Å². The first kappa shape index (κ1) is 27.4. The fourth-order valence-corrected chi connectivity index (χ4v) is 6.26. The molecule has 0 aliphatic carbocycles. The van der Waals surface area contributed by atoms with E-state index in [0.29, 0.717) is 42.7 Å². The van der Waals surface area contributed by atoms with Crippen LogP contribution >= 0.6 is 23.8 Å². The summed E-state index contributed by atoms with van der Waals surface area (Å²) in [7, 11) is 0. The van der Waals surface area contributed by atoms with E-state index in [1.807, 2.05) is 12.1 Å². The molecule has 0 saturated carbocycles. The second kappa shape index (κ2) is 12.3. The molecule has 0 amide bonds. The van der Waals surface area contributed by atoms with Crippen LogP contribution in [0.5, 0.6) is 0 Å². The zero-order valence-electron chi connectivity index (χ0n) is 22.4. The largest absolute Gasteiger partial charge is 0.381 e. The van der Waals surface area contributed by atoms with Gasteiger partial charge in [-0.1, -0.05) is 37.6 Å². The molecule has 206 valence electrons. The van der Waals surface area contributed by atoms with Gasteiger partial charge in [-0.15, -0.1) is 0 Å². The van der Waals surface area contributed by atoms with Crippen molar-refractivity contribution < 1.29 is 9.47 Å². The Bertz CT molecular complexity index is 1080. The van der Waals surface area contributed by atoms with E-state index in [0.717, 1.165) is 68.9 Å². The van der Waals surface area contributed by atoms with E-state index in [1.165, 1.54) is 12.0 Å². The average Bonchev–Trinajstić information content (AvgIpc) is 2.92. The van der Waals surface area contributed by atoms with Crippen LogP contribution in [0.15, 0.2) is 30.3 Å². The number of ether oxygens (including phenoxy) is 2. The van der Waals surface area contributed by atoms with Gasteiger partial charge in [0.25, 0.3) is 0 Å². The van der Waals surface area contributed by atoms with Crippen LogP contribution in [-0.4, -0.2) is 74.2 Å². The van der Waals surface area contributed by atoms with Crippen molar-refractivity contribution in [2.75, 3.05) is 74.3 Å². The molecule has 3 aliphatic rings. The van der Waals surface area contributed by atoms with Gasteiger partial charge in [-0.3, -0.25) is 0 Å². The molecule has 1 aromatic carbocycles. The van der Waals surface area contributed by atoms with Crippen molar-refractivity contribution in [1.29, 1.82) is 0 Å². The van der Waals surface area contributed by atoms with Crippen molar-refractivity contribution >= 4 is 46.5 Å². The van der Waals surface area contributed by atoms with Gasteiger partial charge in [-0.25, -0.2) is 0 Å². The maximum atomic E-state index is 6.17. The molecular weight excluding hydrogens is 520 g/mol. The van der Waals surface area contributed by atoms with Crippen LogP contribution in [-0.2, 0) is 14.9 Å². The Hall–Kier alpha value is -2.20. The van der Waals surface area contributed by atoms with Gasteiger partial charge in [-0.2, -0.15) is 9.97 Å².